The van der Waals surface area contributed by atoms with E-state index in [1.807, 2.05) is 17.5 Å². The van der Waals surface area contributed by atoms with Gasteiger partial charge in [-0.15, -0.1) is 11.3 Å². The SMILES string of the molecule is NCCCN(Cc1cccs1)C(=O)c1ccccc1OCc1cccc(C(F)(F)F)c1. The summed E-state index contributed by atoms with van der Waals surface area (Å²) < 4.78 is 44.6. The molecule has 164 valence electrons. The molecule has 0 atom stereocenters. The van der Waals surface area contributed by atoms with Crippen LogP contribution in [0, 0.1) is 0 Å². The van der Waals surface area contributed by atoms with Crippen molar-refractivity contribution >= 4 is 17.2 Å². The van der Waals surface area contributed by atoms with Crippen molar-refractivity contribution in [3.63, 3.8) is 0 Å². The van der Waals surface area contributed by atoms with Crippen LogP contribution in [0.4, 0.5) is 13.2 Å². The summed E-state index contributed by atoms with van der Waals surface area (Å²) in [6.07, 6.45) is -3.76. The van der Waals surface area contributed by atoms with Gasteiger partial charge in [0.25, 0.3) is 5.91 Å². The highest BCUT2D eigenvalue weighted by Crippen LogP contribution is 2.30. The number of carbonyl (C=O) groups is 1. The van der Waals surface area contributed by atoms with Crippen LogP contribution < -0.4 is 10.5 Å². The second-order valence-corrected chi connectivity index (χ2v) is 7.96. The molecule has 0 spiro atoms. The number of benzene rings is 2. The predicted octanol–water partition coefficient (Wildman–Crippen LogP) is 5.34. The third-order valence-corrected chi connectivity index (χ3v) is 5.47. The van der Waals surface area contributed by atoms with Gasteiger partial charge in [-0.2, -0.15) is 13.2 Å². The lowest BCUT2D eigenvalue weighted by atomic mass is 10.1. The van der Waals surface area contributed by atoms with Gasteiger partial charge in [-0.3, -0.25) is 4.79 Å². The Morgan fingerprint density at radius 1 is 1.06 bits per heavy atom. The topological polar surface area (TPSA) is 55.6 Å². The summed E-state index contributed by atoms with van der Waals surface area (Å²) in [7, 11) is 0. The molecular formula is C23H23F3N2O2S. The van der Waals surface area contributed by atoms with Gasteiger partial charge in [0.2, 0.25) is 0 Å². The van der Waals surface area contributed by atoms with Gasteiger partial charge in [0.05, 0.1) is 17.7 Å². The minimum Gasteiger partial charge on any atom is -0.488 e. The molecule has 0 radical (unpaired) electrons. The van der Waals surface area contributed by atoms with Crippen LogP contribution in [0.25, 0.3) is 0 Å². The van der Waals surface area contributed by atoms with E-state index in [0.717, 1.165) is 17.0 Å². The maximum absolute atomic E-state index is 13.3. The first-order valence-electron chi connectivity index (χ1n) is 9.78. The van der Waals surface area contributed by atoms with Gasteiger partial charge in [-0.25, -0.2) is 0 Å². The number of rotatable bonds is 9. The molecule has 0 saturated heterocycles. The first kappa shape index (κ1) is 22.8. The standard InChI is InChI=1S/C23H23F3N2O2S/c24-23(25,26)18-7-3-6-17(14-18)16-30-21-10-2-1-9-20(21)22(29)28(12-5-11-27)15-19-8-4-13-31-19/h1-4,6-10,13-14H,5,11-12,15-16,27H2. The molecule has 1 amide bonds. The molecule has 0 unspecified atom stereocenters. The Morgan fingerprint density at radius 3 is 2.58 bits per heavy atom. The largest absolute Gasteiger partial charge is 0.488 e. The zero-order chi connectivity index (χ0) is 22.3. The van der Waals surface area contributed by atoms with E-state index in [4.69, 9.17) is 10.5 Å². The summed E-state index contributed by atoms with van der Waals surface area (Å²) in [6, 6.07) is 15.6. The van der Waals surface area contributed by atoms with Gasteiger partial charge in [-0.05, 0) is 54.2 Å². The number of halogens is 3. The fourth-order valence-corrected chi connectivity index (χ4v) is 3.78. The lowest BCUT2D eigenvalue weighted by molar-refractivity contribution is -0.137. The average Bonchev–Trinajstić information content (AvgIpc) is 3.28. The highest BCUT2D eigenvalue weighted by atomic mass is 32.1. The van der Waals surface area contributed by atoms with Crippen molar-refractivity contribution in [3.8, 4) is 5.75 Å². The molecule has 3 aromatic rings. The van der Waals surface area contributed by atoms with Crippen LogP contribution in [-0.2, 0) is 19.3 Å². The van der Waals surface area contributed by atoms with Gasteiger partial charge >= 0.3 is 6.18 Å². The molecule has 8 heteroatoms. The molecule has 2 aromatic carbocycles. The maximum Gasteiger partial charge on any atom is 0.416 e. The maximum atomic E-state index is 13.3. The molecule has 0 fully saturated rings. The summed E-state index contributed by atoms with van der Waals surface area (Å²) in [5.41, 5.74) is 5.63. The van der Waals surface area contributed by atoms with Crippen molar-refractivity contribution < 1.29 is 22.7 Å². The molecular weight excluding hydrogens is 425 g/mol. The fraction of sp³-hybridized carbons (Fsp3) is 0.261. The van der Waals surface area contributed by atoms with Crippen LogP contribution in [0.15, 0.2) is 66.0 Å². The van der Waals surface area contributed by atoms with E-state index in [1.54, 1.807) is 46.6 Å². The second kappa shape index (κ2) is 10.5. The van der Waals surface area contributed by atoms with E-state index in [1.165, 1.54) is 6.07 Å². The molecule has 0 saturated carbocycles. The third kappa shape index (κ3) is 6.32. The Bertz CT molecular complexity index is 990. The van der Waals surface area contributed by atoms with E-state index < -0.39 is 11.7 Å². The Kier molecular flexibility index (Phi) is 7.70. The molecule has 1 aromatic heterocycles. The Labute approximate surface area is 183 Å². The molecule has 0 bridgehead atoms. The van der Waals surface area contributed by atoms with Gasteiger partial charge in [0.1, 0.15) is 12.4 Å². The molecule has 0 aliphatic heterocycles. The summed E-state index contributed by atoms with van der Waals surface area (Å²) in [5.74, 6) is 0.121. The van der Waals surface area contributed by atoms with Crippen LogP contribution >= 0.6 is 11.3 Å². The van der Waals surface area contributed by atoms with Crippen LogP contribution in [-0.4, -0.2) is 23.9 Å². The number of carbonyl (C=O) groups excluding carboxylic acids is 1. The zero-order valence-electron chi connectivity index (χ0n) is 16.8. The predicted molar refractivity (Wildman–Crippen MR) is 115 cm³/mol. The Hall–Kier alpha value is -2.84. The monoisotopic (exact) mass is 448 g/mol. The number of amides is 1. The van der Waals surface area contributed by atoms with Crippen molar-refractivity contribution in [2.45, 2.75) is 25.7 Å². The number of thiophene rings is 1. The lowest BCUT2D eigenvalue weighted by Gasteiger charge is -2.23. The summed E-state index contributed by atoms with van der Waals surface area (Å²) in [4.78, 5) is 16.0. The van der Waals surface area contributed by atoms with E-state index in [-0.39, 0.29) is 12.5 Å². The normalized spacial score (nSPS) is 11.4. The van der Waals surface area contributed by atoms with Gasteiger partial charge in [0.15, 0.2) is 0 Å². The van der Waals surface area contributed by atoms with Crippen molar-refractivity contribution in [1.82, 2.24) is 4.90 Å². The van der Waals surface area contributed by atoms with Crippen LogP contribution in [0.2, 0.25) is 0 Å². The summed E-state index contributed by atoms with van der Waals surface area (Å²) >= 11 is 1.56. The summed E-state index contributed by atoms with van der Waals surface area (Å²) in [6.45, 7) is 1.33. The molecule has 2 N–H and O–H groups in total. The van der Waals surface area contributed by atoms with Crippen molar-refractivity contribution in [2.75, 3.05) is 13.1 Å². The van der Waals surface area contributed by atoms with E-state index in [2.05, 4.69) is 0 Å². The average molecular weight is 449 g/mol. The molecule has 0 aliphatic rings. The first-order valence-corrected chi connectivity index (χ1v) is 10.7. The van der Waals surface area contributed by atoms with Gasteiger partial charge < -0.3 is 15.4 Å². The van der Waals surface area contributed by atoms with E-state index in [9.17, 15) is 18.0 Å². The molecule has 31 heavy (non-hydrogen) atoms. The smallest absolute Gasteiger partial charge is 0.416 e. The van der Waals surface area contributed by atoms with Gasteiger partial charge in [0, 0.05) is 11.4 Å². The fourth-order valence-electron chi connectivity index (χ4n) is 3.06. The Balaban J connectivity index is 1.77. The lowest BCUT2D eigenvalue weighted by Crippen LogP contribution is -2.32. The number of nitrogens with zero attached hydrogens (tertiary/aromatic N) is 1. The number of para-hydroxylation sites is 1. The number of ether oxygens (including phenoxy) is 1. The summed E-state index contributed by atoms with van der Waals surface area (Å²) in [5, 5.41) is 1.95. The van der Waals surface area contributed by atoms with Crippen LogP contribution in [0.3, 0.4) is 0 Å². The Morgan fingerprint density at radius 2 is 1.87 bits per heavy atom. The third-order valence-electron chi connectivity index (χ3n) is 4.61. The second-order valence-electron chi connectivity index (χ2n) is 6.93. The van der Waals surface area contributed by atoms with E-state index in [0.29, 0.717) is 42.9 Å². The minimum atomic E-state index is -4.42. The molecule has 3 rings (SSSR count). The zero-order valence-corrected chi connectivity index (χ0v) is 17.6. The quantitative estimate of drug-likeness (QED) is 0.481. The van der Waals surface area contributed by atoms with E-state index >= 15 is 0 Å². The number of alkyl halides is 3. The van der Waals surface area contributed by atoms with Crippen molar-refractivity contribution in [2.24, 2.45) is 5.73 Å². The molecule has 0 aliphatic carbocycles. The van der Waals surface area contributed by atoms with Crippen LogP contribution in [0.1, 0.15) is 32.8 Å². The number of hydrogen-bond donors (Lipinski definition) is 1. The highest BCUT2D eigenvalue weighted by molar-refractivity contribution is 7.09. The van der Waals surface area contributed by atoms with Crippen molar-refractivity contribution in [1.29, 1.82) is 0 Å². The molecule has 4 nitrogen and oxygen atoms in total. The molecule has 1 heterocycles. The number of hydrogen-bond acceptors (Lipinski definition) is 4. The van der Waals surface area contributed by atoms with Crippen LogP contribution in [0.5, 0.6) is 5.75 Å². The van der Waals surface area contributed by atoms with Gasteiger partial charge in [-0.1, -0.05) is 30.3 Å². The first-order chi connectivity index (χ1) is 14.9. The number of nitrogens with two attached hydrogens (primary N) is 1. The highest BCUT2D eigenvalue weighted by Gasteiger charge is 2.30. The minimum absolute atomic E-state index is 0.0814. The van der Waals surface area contributed by atoms with Crippen molar-refractivity contribution in [3.05, 3.63) is 87.6 Å².